The Morgan fingerprint density at radius 2 is 1.89 bits per heavy atom. The molecule has 2 heterocycles. The lowest BCUT2D eigenvalue weighted by atomic mass is 10.0. The van der Waals surface area contributed by atoms with Crippen molar-refractivity contribution in [3.63, 3.8) is 0 Å². The number of allylic oxidation sites excluding steroid dienone is 1. The minimum Gasteiger partial charge on any atom is -0.507 e. The van der Waals surface area contributed by atoms with Crippen LogP contribution in [0.15, 0.2) is 42.2 Å². The number of benzene rings is 2. The van der Waals surface area contributed by atoms with Gasteiger partial charge in [0.05, 0.1) is 36.9 Å². The van der Waals surface area contributed by atoms with Crippen molar-refractivity contribution in [3.05, 3.63) is 64.4 Å². The fourth-order valence-corrected chi connectivity index (χ4v) is 3.75. The second kappa shape index (κ2) is 7.48. The average molecular weight is 380 g/mol. The molecule has 2 aromatic carbocycles. The summed E-state index contributed by atoms with van der Waals surface area (Å²) < 4.78 is 10.6. The fourth-order valence-electron chi connectivity index (χ4n) is 3.75. The number of methoxy groups -OCH3 is 1. The van der Waals surface area contributed by atoms with Gasteiger partial charge in [-0.2, -0.15) is 0 Å². The van der Waals surface area contributed by atoms with E-state index in [1.807, 2.05) is 0 Å². The molecule has 6 nitrogen and oxygen atoms in total. The molecule has 2 aliphatic heterocycles. The van der Waals surface area contributed by atoms with Gasteiger partial charge >= 0.3 is 5.97 Å². The van der Waals surface area contributed by atoms with Crippen LogP contribution in [0.25, 0.3) is 6.08 Å². The number of rotatable bonds is 4. The van der Waals surface area contributed by atoms with Gasteiger partial charge in [0.1, 0.15) is 12.3 Å². The lowest BCUT2D eigenvalue weighted by Gasteiger charge is -2.15. The van der Waals surface area contributed by atoms with Crippen LogP contribution in [0.1, 0.15) is 44.7 Å². The molecule has 0 aromatic heterocycles. The largest absolute Gasteiger partial charge is 0.507 e. The summed E-state index contributed by atoms with van der Waals surface area (Å²) in [5.74, 6) is 0.217. The predicted molar refractivity (Wildman–Crippen MR) is 102 cm³/mol. The number of hydrogen-bond donors (Lipinski definition) is 2. The van der Waals surface area contributed by atoms with Crippen molar-refractivity contribution in [2.75, 3.05) is 20.2 Å². The molecule has 0 unspecified atom stereocenters. The third-order valence-corrected chi connectivity index (χ3v) is 5.28. The molecule has 0 saturated carbocycles. The van der Waals surface area contributed by atoms with Crippen molar-refractivity contribution in [1.29, 1.82) is 0 Å². The first-order valence-electron chi connectivity index (χ1n) is 9.38. The molecule has 0 amide bonds. The van der Waals surface area contributed by atoms with Gasteiger partial charge < -0.3 is 19.5 Å². The Labute approximate surface area is 163 Å². The van der Waals surface area contributed by atoms with Gasteiger partial charge in [-0.1, -0.05) is 12.1 Å². The number of aromatic hydroxyl groups is 1. The monoisotopic (exact) mass is 380 g/mol. The number of quaternary nitrogens is 1. The molecule has 1 fully saturated rings. The zero-order chi connectivity index (χ0) is 19.7. The minimum absolute atomic E-state index is 0.162. The summed E-state index contributed by atoms with van der Waals surface area (Å²) >= 11 is 0. The van der Waals surface area contributed by atoms with Crippen LogP contribution in [-0.2, 0) is 11.3 Å². The zero-order valence-corrected chi connectivity index (χ0v) is 15.7. The summed E-state index contributed by atoms with van der Waals surface area (Å²) in [6.07, 6.45) is 4.00. The van der Waals surface area contributed by atoms with Crippen LogP contribution < -0.4 is 9.64 Å². The number of ketones is 1. The quantitative estimate of drug-likeness (QED) is 0.627. The second-order valence-corrected chi connectivity index (χ2v) is 7.13. The molecule has 0 aliphatic carbocycles. The first-order chi connectivity index (χ1) is 13.6. The van der Waals surface area contributed by atoms with Crippen molar-refractivity contribution in [1.82, 2.24) is 0 Å². The topological polar surface area (TPSA) is 77.3 Å². The molecule has 6 heteroatoms. The molecule has 144 valence electrons. The Kier molecular flexibility index (Phi) is 4.88. The zero-order valence-electron chi connectivity index (χ0n) is 15.7. The van der Waals surface area contributed by atoms with E-state index in [4.69, 9.17) is 4.74 Å². The maximum Gasteiger partial charge on any atom is 0.337 e. The van der Waals surface area contributed by atoms with Crippen LogP contribution in [0.5, 0.6) is 11.5 Å². The molecule has 0 atom stereocenters. The molecule has 4 rings (SSSR count). The SMILES string of the molecule is COC(=O)c1ccc(/C=C2\Oc3c(ccc(O)c3C[NH+]3CCCC3)C2=O)cc1. The molecular formula is C22H22NO5+. The van der Waals surface area contributed by atoms with Crippen molar-refractivity contribution >= 4 is 17.8 Å². The standard InChI is InChI=1S/C22H21NO5/c1-27-22(26)15-6-4-14(5-7-15)12-19-20(25)16-8-9-18(24)17(21(16)28-19)13-23-10-2-3-11-23/h4-9,12,24H,2-3,10-11,13H2,1H3/p+1/b19-12-. The van der Waals surface area contributed by atoms with E-state index >= 15 is 0 Å². The highest BCUT2D eigenvalue weighted by atomic mass is 16.5. The van der Waals surface area contributed by atoms with Crippen LogP contribution >= 0.6 is 0 Å². The Balaban J connectivity index is 1.61. The molecule has 28 heavy (non-hydrogen) atoms. The van der Waals surface area contributed by atoms with Gasteiger partial charge in [-0.3, -0.25) is 4.79 Å². The van der Waals surface area contributed by atoms with Crippen LogP contribution in [0.3, 0.4) is 0 Å². The summed E-state index contributed by atoms with van der Waals surface area (Å²) in [6, 6.07) is 9.91. The van der Waals surface area contributed by atoms with Gasteiger partial charge in [-0.05, 0) is 35.9 Å². The van der Waals surface area contributed by atoms with E-state index in [1.54, 1.807) is 42.5 Å². The number of phenols is 1. The second-order valence-electron chi connectivity index (χ2n) is 7.13. The lowest BCUT2D eigenvalue weighted by molar-refractivity contribution is -0.901. The van der Waals surface area contributed by atoms with Gasteiger partial charge in [0, 0.05) is 12.8 Å². The fraction of sp³-hybridized carbons (Fsp3) is 0.273. The molecule has 0 bridgehead atoms. The smallest absolute Gasteiger partial charge is 0.337 e. The van der Waals surface area contributed by atoms with Crippen LogP contribution in [0.2, 0.25) is 0 Å². The highest BCUT2D eigenvalue weighted by Crippen LogP contribution is 2.39. The van der Waals surface area contributed by atoms with Crippen molar-refractivity contribution in [2.45, 2.75) is 19.4 Å². The number of likely N-dealkylation sites (tertiary alicyclic amines) is 1. The maximum atomic E-state index is 12.8. The third-order valence-electron chi connectivity index (χ3n) is 5.28. The Morgan fingerprint density at radius 3 is 2.57 bits per heavy atom. The number of nitrogens with one attached hydrogen (secondary N) is 1. The van der Waals surface area contributed by atoms with E-state index in [2.05, 4.69) is 4.74 Å². The van der Waals surface area contributed by atoms with E-state index < -0.39 is 5.97 Å². The van der Waals surface area contributed by atoms with Crippen LogP contribution in [0.4, 0.5) is 0 Å². The van der Waals surface area contributed by atoms with Gasteiger partial charge in [0.25, 0.3) is 0 Å². The van der Waals surface area contributed by atoms with Crippen molar-refractivity contribution in [3.8, 4) is 11.5 Å². The average Bonchev–Trinajstić information content (AvgIpc) is 3.33. The molecule has 1 saturated heterocycles. The molecule has 2 aromatic rings. The first kappa shape index (κ1) is 18.3. The number of ether oxygens (including phenoxy) is 2. The Morgan fingerprint density at radius 1 is 1.18 bits per heavy atom. The Bertz CT molecular complexity index is 956. The van der Waals surface area contributed by atoms with Gasteiger partial charge in [-0.15, -0.1) is 0 Å². The van der Waals surface area contributed by atoms with Crippen LogP contribution in [0, 0.1) is 0 Å². The molecule has 2 N–H and O–H groups in total. The normalized spacial score (nSPS) is 17.6. The summed E-state index contributed by atoms with van der Waals surface area (Å²) in [5.41, 5.74) is 2.34. The maximum absolute atomic E-state index is 12.8. The van der Waals surface area contributed by atoms with E-state index in [9.17, 15) is 14.7 Å². The van der Waals surface area contributed by atoms with Gasteiger partial charge in [0.15, 0.2) is 11.5 Å². The molecule has 2 aliphatic rings. The Hall–Kier alpha value is -3.12. The van der Waals surface area contributed by atoms with E-state index in [1.165, 1.54) is 24.9 Å². The van der Waals surface area contributed by atoms with Crippen LogP contribution in [-0.4, -0.2) is 37.1 Å². The number of esters is 1. The molecular weight excluding hydrogens is 358 g/mol. The summed E-state index contributed by atoms with van der Waals surface area (Å²) in [6.45, 7) is 2.77. The minimum atomic E-state index is -0.413. The molecule has 0 radical (unpaired) electrons. The van der Waals surface area contributed by atoms with Gasteiger partial charge in [0.2, 0.25) is 5.78 Å². The summed E-state index contributed by atoms with van der Waals surface area (Å²) in [4.78, 5) is 25.7. The van der Waals surface area contributed by atoms with E-state index in [0.29, 0.717) is 29.0 Å². The first-order valence-corrected chi connectivity index (χ1v) is 9.38. The summed E-state index contributed by atoms with van der Waals surface area (Å²) in [5, 5.41) is 10.3. The number of phenolic OH excluding ortho intramolecular Hbond substituents is 1. The highest BCUT2D eigenvalue weighted by Gasteiger charge is 2.33. The number of Topliss-reactive ketones (excluding diaryl/α,β-unsaturated/α-hetero) is 1. The van der Waals surface area contributed by atoms with Crippen molar-refractivity contribution < 1.29 is 29.1 Å². The lowest BCUT2D eigenvalue weighted by Crippen LogP contribution is -3.08. The summed E-state index contributed by atoms with van der Waals surface area (Å²) in [7, 11) is 1.33. The number of carbonyl (C=O) groups excluding carboxylic acids is 2. The number of hydrogen-bond acceptors (Lipinski definition) is 5. The van der Waals surface area contributed by atoms with Crippen molar-refractivity contribution in [2.24, 2.45) is 0 Å². The predicted octanol–water partition coefficient (Wildman–Crippen LogP) is 1.97. The highest BCUT2D eigenvalue weighted by molar-refractivity contribution is 6.15. The van der Waals surface area contributed by atoms with Gasteiger partial charge in [-0.25, -0.2) is 4.79 Å². The third kappa shape index (κ3) is 3.39. The van der Waals surface area contributed by atoms with E-state index in [-0.39, 0.29) is 17.3 Å². The molecule has 0 spiro atoms. The number of fused-ring (bicyclic) bond motifs is 1. The van der Waals surface area contributed by atoms with E-state index in [0.717, 1.165) is 18.7 Å². The number of carbonyl (C=O) groups is 2.